The van der Waals surface area contributed by atoms with Gasteiger partial charge in [-0.3, -0.25) is 4.98 Å². The number of nitrogens with two attached hydrogens (primary N) is 1. The van der Waals surface area contributed by atoms with Gasteiger partial charge in [-0.15, -0.1) is 0 Å². The van der Waals surface area contributed by atoms with Crippen LogP contribution in [0.15, 0.2) is 18.3 Å². The zero-order chi connectivity index (χ0) is 12.2. The molecule has 0 amide bonds. The predicted octanol–water partition coefficient (Wildman–Crippen LogP) is 1.93. The lowest BCUT2D eigenvalue weighted by molar-refractivity contribution is -0.132. The van der Waals surface area contributed by atoms with E-state index in [0.717, 1.165) is 0 Å². The summed E-state index contributed by atoms with van der Waals surface area (Å²) in [5, 5.41) is 0. The summed E-state index contributed by atoms with van der Waals surface area (Å²) in [6.45, 7) is 0.120. The van der Waals surface area contributed by atoms with E-state index in [9.17, 15) is 13.2 Å². The Kier molecular flexibility index (Phi) is 4.12. The van der Waals surface area contributed by atoms with Crippen LogP contribution in [0.4, 0.5) is 18.9 Å². The fourth-order valence-electron chi connectivity index (χ4n) is 1.35. The molecule has 1 aromatic rings. The van der Waals surface area contributed by atoms with Crippen LogP contribution in [0.2, 0.25) is 0 Å². The summed E-state index contributed by atoms with van der Waals surface area (Å²) in [6, 6.07) is 3.39. The second-order valence-corrected chi connectivity index (χ2v) is 3.46. The van der Waals surface area contributed by atoms with Gasteiger partial charge in [-0.25, -0.2) is 0 Å². The maximum Gasteiger partial charge on any atom is 0.390 e. The first-order valence-corrected chi connectivity index (χ1v) is 4.86. The van der Waals surface area contributed by atoms with E-state index in [2.05, 4.69) is 4.98 Å². The Morgan fingerprint density at radius 3 is 2.69 bits per heavy atom. The fourth-order valence-corrected chi connectivity index (χ4v) is 1.35. The summed E-state index contributed by atoms with van der Waals surface area (Å²) >= 11 is 0. The van der Waals surface area contributed by atoms with Crippen molar-refractivity contribution in [3.63, 3.8) is 0 Å². The molecule has 90 valence electrons. The van der Waals surface area contributed by atoms with E-state index in [4.69, 9.17) is 5.73 Å². The van der Waals surface area contributed by atoms with E-state index >= 15 is 0 Å². The smallest absolute Gasteiger partial charge is 0.373 e. The number of anilines is 1. The van der Waals surface area contributed by atoms with E-state index in [-0.39, 0.29) is 13.1 Å². The van der Waals surface area contributed by atoms with Crippen molar-refractivity contribution in [3.05, 3.63) is 24.0 Å². The number of halogens is 3. The third-order valence-electron chi connectivity index (χ3n) is 2.20. The first-order valence-electron chi connectivity index (χ1n) is 4.86. The highest BCUT2D eigenvalue weighted by molar-refractivity contribution is 5.49. The lowest BCUT2D eigenvalue weighted by Crippen LogP contribution is -2.25. The van der Waals surface area contributed by atoms with Gasteiger partial charge >= 0.3 is 6.18 Å². The normalized spacial score (nSPS) is 11.6. The van der Waals surface area contributed by atoms with E-state index in [1.54, 1.807) is 25.4 Å². The molecule has 1 rings (SSSR count). The molecule has 0 aromatic carbocycles. The Morgan fingerprint density at radius 2 is 2.12 bits per heavy atom. The van der Waals surface area contributed by atoms with Crippen molar-refractivity contribution in [1.82, 2.24) is 4.98 Å². The van der Waals surface area contributed by atoms with Gasteiger partial charge in [0, 0.05) is 26.3 Å². The number of aromatic nitrogens is 1. The zero-order valence-electron chi connectivity index (χ0n) is 8.96. The Labute approximate surface area is 92.1 Å². The van der Waals surface area contributed by atoms with Crippen LogP contribution in [0.3, 0.4) is 0 Å². The Bertz CT molecular complexity index is 338. The molecule has 0 saturated carbocycles. The monoisotopic (exact) mass is 233 g/mol. The minimum Gasteiger partial charge on any atom is -0.373 e. The summed E-state index contributed by atoms with van der Waals surface area (Å²) in [5.41, 5.74) is 6.71. The molecule has 0 aliphatic carbocycles. The van der Waals surface area contributed by atoms with Crippen molar-refractivity contribution in [2.24, 2.45) is 5.73 Å². The van der Waals surface area contributed by atoms with Crippen molar-refractivity contribution in [1.29, 1.82) is 0 Å². The van der Waals surface area contributed by atoms with Crippen molar-refractivity contribution < 1.29 is 13.2 Å². The topological polar surface area (TPSA) is 42.2 Å². The van der Waals surface area contributed by atoms with Crippen molar-refractivity contribution in [2.75, 3.05) is 18.5 Å². The van der Waals surface area contributed by atoms with Crippen LogP contribution in [0.5, 0.6) is 0 Å². The van der Waals surface area contributed by atoms with Crippen LogP contribution < -0.4 is 10.6 Å². The van der Waals surface area contributed by atoms with Crippen LogP contribution in [0.25, 0.3) is 0 Å². The largest absolute Gasteiger partial charge is 0.390 e. The van der Waals surface area contributed by atoms with Gasteiger partial charge in [0.15, 0.2) is 0 Å². The molecular weight excluding hydrogens is 219 g/mol. The second-order valence-electron chi connectivity index (χ2n) is 3.46. The minimum absolute atomic E-state index is 0.0950. The van der Waals surface area contributed by atoms with Crippen LogP contribution in [0, 0.1) is 0 Å². The minimum atomic E-state index is -4.14. The molecule has 0 unspecified atom stereocenters. The van der Waals surface area contributed by atoms with Crippen LogP contribution in [-0.2, 0) is 6.54 Å². The molecule has 1 heterocycles. The fraction of sp³-hybridized carbons (Fsp3) is 0.500. The standard InChI is InChI=1S/C10H14F3N3/c1-16(6-4-10(11,12)13)9-3-2-5-15-8(9)7-14/h2-3,5H,4,6-7,14H2,1H3. The Hall–Kier alpha value is -1.30. The molecule has 0 aliphatic rings. The average molecular weight is 233 g/mol. The number of pyridine rings is 1. The van der Waals surface area contributed by atoms with Gasteiger partial charge in [0.05, 0.1) is 17.8 Å². The molecule has 16 heavy (non-hydrogen) atoms. The van der Waals surface area contributed by atoms with Crippen LogP contribution >= 0.6 is 0 Å². The first-order chi connectivity index (χ1) is 7.44. The molecule has 0 saturated heterocycles. The van der Waals surface area contributed by atoms with E-state index in [0.29, 0.717) is 11.4 Å². The molecule has 0 fully saturated rings. The molecule has 2 N–H and O–H groups in total. The molecule has 0 spiro atoms. The third kappa shape index (κ3) is 3.69. The maximum atomic E-state index is 12.0. The molecule has 3 nitrogen and oxygen atoms in total. The Morgan fingerprint density at radius 1 is 1.44 bits per heavy atom. The lowest BCUT2D eigenvalue weighted by Gasteiger charge is -2.21. The second kappa shape index (κ2) is 5.16. The SMILES string of the molecule is CN(CCC(F)(F)F)c1cccnc1CN. The van der Waals surface area contributed by atoms with E-state index in [1.165, 1.54) is 4.90 Å². The van der Waals surface area contributed by atoms with Crippen LogP contribution in [-0.4, -0.2) is 24.8 Å². The predicted molar refractivity (Wildman–Crippen MR) is 56.1 cm³/mol. The lowest BCUT2D eigenvalue weighted by atomic mass is 10.2. The van der Waals surface area contributed by atoms with Gasteiger partial charge in [0.2, 0.25) is 0 Å². The van der Waals surface area contributed by atoms with Crippen molar-refractivity contribution in [2.45, 2.75) is 19.1 Å². The van der Waals surface area contributed by atoms with Gasteiger partial charge in [-0.05, 0) is 12.1 Å². The van der Waals surface area contributed by atoms with Gasteiger partial charge in [-0.1, -0.05) is 0 Å². The zero-order valence-corrected chi connectivity index (χ0v) is 8.96. The van der Waals surface area contributed by atoms with Gasteiger partial charge in [0.25, 0.3) is 0 Å². The van der Waals surface area contributed by atoms with Crippen molar-refractivity contribution >= 4 is 5.69 Å². The quantitative estimate of drug-likeness (QED) is 0.864. The number of hydrogen-bond donors (Lipinski definition) is 1. The number of rotatable bonds is 4. The highest BCUT2D eigenvalue weighted by Gasteiger charge is 2.27. The number of nitrogens with zero attached hydrogens (tertiary/aromatic N) is 2. The summed E-state index contributed by atoms with van der Waals surface area (Å²) in [5.74, 6) is 0. The summed E-state index contributed by atoms with van der Waals surface area (Å²) in [7, 11) is 1.60. The maximum absolute atomic E-state index is 12.0. The van der Waals surface area contributed by atoms with Crippen molar-refractivity contribution in [3.8, 4) is 0 Å². The number of hydrogen-bond acceptors (Lipinski definition) is 3. The first kappa shape index (κ1) is 12.8. The summed E-state index contributed by atoms with van der Waals surface area (Å²) in [4.78, 5) is 5.53. The molecule has 0 aliphatic heterocycles. The van der Waals surface area contributed by atoms with Gasteiger partial charge < -0.3 is 10.6 Å². The molecule has 6 heteroatoms. The third-order valence-corrected chi connectivity index (χ3v) is 2.20. The highest BCUT2D eigenvalue weighted by Crippen LogP contribution is 2.22. The molecule has 1 aromatic heterocycles. The Balaban J connectivity index is 2.69. The molecular formula is C10H14F3N3. The number of alkyl halides is 3. The van der Waals surface area contributed by atoms with Crippen LogP contribution in [0.1, 0.15) is 12.1 Å². The molecule has 0 bridgehead atoms. The summed E-state index contributed by atoms with van der Waals surface area (Å²) in [6.07, 6.45) is -3.41. The van der Waals surface area contributed by atoms with E-state index < -0.39 is 12.6 Å². The van der Waals surface area contributed by atoms with Gasteiger partial charge in [0.1, 0.15) is 0 Å². The molecule has 0 atom stereocenters. The van der Waals surface area contributed by atoms with Gasteiger partial charge in [-0.2, -0.15) is 13.2 Å². The highest BCUT2D eigenvalue weighted by atomic mass is 19.4. The summed E-state index contributed by atoms with van der Waals surface area (Å²) < 4.78 is 36.1. The van der Waals surface area contributed by atoms with E-state index in [1.807, 2.05) is 0 Å². The molecule has 0 radical (unpaired) electrons. The average Bonchev–Trinajstić information content (AvgIpc) is 2.25.